The number of phosphoric acid groups is 2. The smallest absolute Gasteiger partial charge is 0.462 e. The first-order valence-electron chi connectivity index (χ1n) is 41.3. The van der Waals surface area contributed by atoms with Crippen LogP contribution >= 0.6 is 15.6 Å². The predicted molar refractivity (Wildman–Crippen MR) is 400 cm³/mol. The highest BCUT2D eigenvalue weighted by Crippen LogP contribution is 2.45. The van der Waals surface area contributed by atoms with Crippen LogP contribution in [0.15, 0.2) is 0 Å². The zero-order valence-electron chi connectivity index (χ0n) is 63.8. The Balaban J connectivity index is 5.23. The first-order chi connectivity index (χ1) is 47.7. The van der Waals surface area contributed by atoms with E-state index in [1.54, 1.807) is 0 Å². The van der Waals surface area contributed by atoms with Crippen LogP contribution in [0, 0.1) is 0 Å². The largest absolute Gasteiger partial charge is 0.472 e. The minimum atomic E-state index is -4.96. The van der Waals surface area contributed by atoms with Crippen LogP contribution in [0.4, 0.5) is 0 Å². The molecule has 0 aromatic rings. The number of unbranched alkanes of at least 4 members (excludes halogenated alkanes) is 54. The monoisotopic (exact) mass is 1440 g/mol. The lowest BCUT2D eigenvalue weighted by Crippen LogP contribution is -2.30. The van der Waals surface area contributed by atoms with Gasteiger partial charge in [0, 0.05) is 25.7 Å². The van der Waals surface area contributed by atoms with Gasteiger partial charge in [0.15, 0.2) is 12.2 Å². The van der Waals surface area contributed by atoms with E-state index in [9.17, 15) is 43.2 Å². The summed E-state index contributed by atoms with van der Waals surface area (Å²) >= 11 is 0. The summed E-state index contributed by atoms with van der Waals surface area (Å²) in [6.07, 6.45) is 65.1. The molecule has 5 atom stereocenters. The second kappa shape index (κ2) is 73.4. The number of rotatable bonds is 80. The number of carbonyl (C=O) groups is 4. The van der Waals surface area contributed by atoms with Crippen molar-refractivity contribution in [1.29, 1.82) is 0 Å². The van der Waals surface area contributed by atoms with E-state index in [1.165, 1.54) is 257 Å². The highest BCUT2D eigenvalue weighted by molar-refractivity contribution is 7.47. The summed E-state index contributed by atoms with van der Waals surface area (Å²) in [6.45, 7) is 5.01. The van der Waals surface area contributed by atoms with Crippen molar-refractivity contribution < 1.29 is 80.2 Å². The molecule has 0 amide bonds. The molecule has 0 saturated heterocycles. The molecule has 0 bridgehead atoms. The third-order valence-corrected chi connectivity index (χ3v) is 20.5. The zero-order chi connectivity index (χ0) is 71.8. The molecule has 19 heteroatoms. The zero-order valence-corrected chi connectivity index (χ0v) is 65.6. The summed E-state index contributed by atoms with van der Waals surface area (Å²) in [4.78, 5) is 72.9. The van der Waals surface area contributed by atoms with Gasteiger partial charge in [0.25, 0.3) is 0 Å². The average molecular weight is 1440 g/mol. The van der Waals surface area contributed by atoms with Crippen LogP contribution in [0.2, 0.25) is 0 Å². The predicted octanol–water partition coefficient (Wildman–Crippen LogP) is 23.8. The number of hydrogen-bond acceptors (Lipinski definition) is 15. The first kappa shape index (κ1) is 96.1. The second-order valence-corrected chi connectivity index (χ2v) is 31.4. The molecule has 98 heavy (non-hydrogen) atoms. The molecule has 0 aliphatic heterocycles. The van der Waals surface area contributed by atoms with Gasteiger partial charge < -0.3 is 33.8 Å². The van der Waals surface area contributed by atoms with Crippen molar-refractivity contribution in [3.63, 3.8) is 0 Å². The number of phosphoric ester groups is 2. The fourth-order valence-electron chi connectivity index (χ4n) is 12.3. The van der Waals surface area contributed by atoms with Gasteiger partial charge in [-0.2, -0.15) is 0 Å². The van der Waals surface area contributed by atoms with Gasteiger partial charge in [0.2, 0.25) is 0 Å². The summed E-state index contributed by atoms with van der Waals surface area (Å²) in [5.41, 5.74) is 0. The van der Waals surface area contributed by atoms with Gasteiger partial charge in [-0.3, -0.25) is 37.3 Å². The van der Waals surface area contributed by atoms with Crippen LogP contribution in [0.1, 0.15) is 426 Å². The number of carbonyl (C=O) groups excluding carboxylic acids is 4. The van der Waals surface area contributed by atoms with Crippen LogP contribution in [-0.2, 0) is 65.4 Å². The van der Waals surface area contributed by atoms with Gasteiger partial charge in [-0.05, 0) is 25.7 Å². The first-order valence-corrected chi connectivity index (χ1v) is 44.3. The van der Waals surface area contributed by atoms with Crippen molar-refractivity contribution in [3.8, 4) is 0 Å². The minimum absolute atomic E-state index is 0.108. The lowest BCUT2D eigenvalue weighted by molar-refractivity contribution is -0.161. The molecule has 2 unspecified atom stereocenters. The van der Waals surface area contributed by atoms with Crippen molar-refractivity contribution in [2.45, 2.75) is 444 Å². The molecule has 0 fully saturated rings. The Morgan fingerprint density at radius 2 is 0.408 bits per heavy atom. The third kappa shape index (κ3) is 72.4. The Hall–Kier alpha value is -1.94. The van der Waals surface area contributed by atoms with Crippen LogP contribution in [0.5, 0.6) is 0 Å². The highest BCUT2D eigenvalue weighted by atomic mass is 31.2. The Kier molecular flexibility index (Phi) is 71.9. The molecule has 0 radical (unpaired) electrons. The van der Waals surface area contributed by atoms with Crippen molar-refractivity contribution >= 4 is 39.5 Å². The summed E-state index contributed by atoms with van der Waals surface area (Å²) in [5.74, 6) is -2.11. The van der Waals surface area contributed by atoms with Gasteiger partial charge in [-0.15, -0.1) is 0 Å². The Morgan fingerprint density at radius 1 is 0.245 bits per heavy atom. The third-order valence-electron chi connectivity index (χ3n) is 18.6. The molecular weight excluding hydrogens is 1280 g/mol. The van der Waals surface area contributed by atoms with Gasteiger partial charge in [0.05, 0.1) is 26.4 Å². The second-order valence-electron chi connectivity index (χ2n) is 28.5. The molecule has 0 spiro atoms. The van der Waals surface area contributed by atoms with Crippen LogP contribution in [0.3, 0.4) is 0 Å². The molecule has 0 aliphatic rings. The number of aliphatic hydroxyl groups excluding tert-OH is 1. The number of esters is 4. The molecule has 3 N–H and O–H groups in total. The maximum atomic E-state index is 13.1. The summed E-state index contributed by atoms with van der Waals surface area (Å²) in [7, 11) is -9.91. The molecule has 0 aliphatic carbocycles. The molecule has 0 aromatic heterocycles. The van der Waals surface area contributed by atoms with E-state index in [0.717, 1.165) is 89.9 Å². The van der Waals surface area contributed by atoms with Crippen molar-refractivity contribution in [3.05, 3.63) is 0 Å². The van der Waals surface area contributed by atoms with Crippen molar-refractivity contribution in [2.24, 2.45) is 0 Å². The van der Waals surface area contributed by atoms with Crippen molar-refractivity contribution in [2.75, 3.05) is 39.6 Å². The number of hydrogen-bond donors (Lipinski definition) is 3. The normalized spacial score (nSPS) is 13.8. The van der Waals surface area contributed by atoms with E-state index in [4.69, 9.17) is 37.0 Å². The maximum Gasteiger partial charge on any atom is 0.472 e. The van der Waals surface area contributed by atoms with Crippen LogP contribution in [-0.4, -0.2) is 96.7 Å². The minimum Gasteiger partial charge on any atom is -0.462 e. The molecule has 0 saturated carbocycles. The quantitative estimate of drug-likeness (QED) is 0.0222. The number of ether oxygens (including phenoxy) is 4. The molecule has 0 rings (SSSR count). The molecule has 0 aromatic carbocycles. The van der Waals surface area contributed by atoms with E-state index in [1.807, 2.05) is 0 Å². The summed E-state index contributed by atoms with van der Waals surface area (Å²) in [6, 6.07) is 0. The fraction of sp³-hybridized carbons (Fsp3) is 0.949. The van der Waals surface area contributed by atoms with Crippen LogP contribution < -0.4 is 0 Å². The Morgan fingerprint density at radius 3 is 0.602 bits per heavy atom. The van der Waals surface area contributed by atoms with Crippen LogP contribution in [0.25, 0.3) is 0 Å². The van der Waals surface area contributed by atoms with Crippen molar-refractivity contribution in [1.82, 2.24) is 0 Å². The molecule has 582 valence electrons. The Bertz CT molecular complexity index is 1860. The van der Waals surface area contributed by atoms with E-state index in [-0.39, 0.29) is 25.7 Å². The van der Waals surface area contributed by atoms with E-state index >= 15 is 0 Å². The average Bonchev–Trinajstić information content (AvgIpc) is 1.18. The summed E-state index contributed by atoms with van der Waals surface area (Å²) < 4.78 is 68.6. The van der Waals surface area contributed by atoms with E-state index < -0.39 is 97.5 Å². The van der Waals surface area contributed by atoms with Gasteiger partial charge in [0.1, 0.15) is 19.3 Å². The fourth-order valence-corrected chi connectivity index (χ4v) is 13.9. The van der Waals surface area contributed by atoms with Gasteiger partial charge in [-0.25, -0.2) is 9.13 Å². The maximum absolute atomic E-state index is 13.1. The lowest BCUT2D eigenvalue weighted by Gasteiger charge is -2.21. The summed E-state index contributed by atoms with van der Waals surface area (Å²) in [5, 5.41) is 10.6. The molecule has 0 heterocycles. The van der Waals surface area contributed by atoms with E-state index in [0.29, 0.717) is 25.7 Å². The Labute approximate surface area is 600 Å². The topological polar surface area (TPSA) is 237 Å². The molecular formula is C79H154O17P2. The van der Waals surface area contributed by atoms with E-state index in [2.05, 4.69) is 27.7 Å². The number of aliphatic hydroxyl groups is 1. The van der Waals surface area contributed by atoms with Gasteiger partial charge in [-0.1, -0.05) is 374 Å². The standard InChI is InChI=1S/C79H154O17P2/c1-5-9-13-17-21-25-29-32-34-36-38-40-43-46-50-54-58-62-66-79(84)96-75(70-90-77(82)64-60-56-52-48-44-42-39-37-35-33-30-26-22-18-14-10-6-2)72-94-98(87,88)92-68-73(80)67-91-97(85,86)93-71-74(69-89-76(81)63-59-55-51-47-28-24-20-16-12-8-4)95-78(83)65-61-57-53-49-45-41-31-27-23-19-15-11-7-3/h73-75,80H,5-72H2,1-4H3,(H,85,86)(H,87,88)/t73-,74+,75+/m0/s1. The molecule has 17 nitrogen and oxygen atoms in total. The highest BCUT2D eigenvalue weighted by Gasteiger charge is 2.30. The SMILES string of the molecule is CCCCCCCCCCCCCCCCCCCCC(=O)O[C@H](COC(=O)CCCCCCCCCCCCCCCCCCC)COP(=O)(O)OC[C@@H](O)COP(=O)(O)OC[C@@H](COC(=O)CCCCCCCCCCCC)OC(=O)CCCCCCCCCCCCCCC. The lowest BCUT2D eigenvalue weighted by atomic mass is 10.0. The van der Waals surface area contributed by atoms with Gasteiger partial charge >= 0.3 is 39.5 Å².